The molecular formula is C17H14ClNO3. The van der Waals surface area contributed by atoms with Gasteiger partial charge in [0, 0.05) is 34.1 Å². The summed E-state index contributed by atoms with van der Waals surface area (Å²) in [5, 5.41) is 3.77. The number of halogens is 1. The van der Waals surface area contributed by atoms with Gasteiger partial charge in [0.25, 0.3) is 0 Å². The van der Waals surface area contributed by atoms with Gasteiger partial charge in [-0.1, -0.05) is 11.6 Å². The molecule has 22 heavy (non-hydrogen) atoms. The maximum atomic E-state index is 12.1. The fourth-order valence-electron chi connectivity index (χ4n) is 2.13. The van der Waals surface area contributed by atoms with Crippen molar-refractivity contribution in [2.75, 3.05) is 12.1 Å². The summed E-state index contributed by atoms with van der Waals surface area (Å²) in [4.78, 5) is 12.1. The number of ketones is 1. The van der Waals surface area contributed by atoms with Crippen LogP contribution in [0.3, 0.4) is 0 Å². The van der Waals surface area contributed by atoms with E-state index in [0.29, 0.717) is 16.3 Å². The van der Waals surface area contributed by atoms with E-state index < -0.39 is 0 Å². The zero-order valence-electron chi connectivity index (χ0n) is 11.9. The van der Waals surface area contributed by atoms with Crippen molar-refractivity contribution in [1.29, 1.82) is 0 Å². The Morgan fingerprint density at radius 2 is 1.86 bits per heavy atom. The van der Waals surface area contributed by atoms with Crippen molar-refractivity contribution in [3.63, 3.8) is 0 Å². The Labute approximate surface area is 133 Å². The number of rotatable bonds is 4. The van der Waals surface area contributed by atoms with Gasteiger partial charge in [0.1, 0.15) is 0 Å². The SMILES string of the molecule is CC(=CC(=O)c1ccc(Cl)cc1)Nc1ccc2c(c1)OCO2. The zero-order valence-corrected chi connectivity index (χ0v) is 12.7. The summed E-state index contributed by atoms with van der Waals surface area (Å²) in [7, 11) is 0. The number of carbonyl (C=O) groups excluding carboxylic acids is 1. The Morgan fingerprint density at radius 3 is 2.64 bits per heavy atom. The van der Waals surface area contributed by atoms with E-state index >= 15 is 0 Å². The lowest BCUT2D eigenvalue weighted by Crippen LogP contribution is -2.01. The highest BCUT2D eigenvalue weighted by Gasteiger charge is 2.13. The fraction of sp³-hybridized carbons (Fsp3) is 0.118. The molecule has 0 bridgehead atoms. The second-order valence-corrected chi connectivity index (χ2v) is 5.33. The third kappa shape index (κ3) is 3.23. The van der Waals surface area contributed by atoms with Crippen molar-refractivity contribution in [2.24, 2.45) is 0 Å². The van der Waals surface area contributed by atoms with Crippen LogP contribution in [0, 0.1) is 0 Å². The predicted octanol–water partition coefficient (Wildman–Crippen LogP) is 4.27. The van der Waals surface area contributed by atoms with Gasteiger partial charge in [-0.05, 0) is 43.3 Å². The molecular weight excluding hydrogens is 302 g/mol. The number of nitrogens with one attached hydrogen (secondary N) is 1. The lowest BCUT2D eigenvalue weighted by molar-refractivity contribution is 0.104. The van der Waals surface area contributed by atoms with Gasteiger partial charge >= 0.3 is 0 Å². The summed E-state index contributed by atoms with van der Waals surface area (Å²) < 4.78 is 10.6. The van der Waals surface area contributed by atoms with Crippen LogP contribution < -0.4 is 14.8 Å². The number of fused-ring (bicyclic) bond motifs is 1. The summed E-state index contributed by atoms with van der Waals surface area (Å²) in [5.41, 5.74) is 2.16. The molecule has 0 unspecified atom stereocenters. The minimum Gasteiger partial charge on any atom is -0.454 e. The molecule has 2 aromatic rings. The minimum atomic E-state index is -0.0811. The number of allylic oxidation sites excluding steroid dienone is 2. The molecule has 5 heteroatoms. The van der Waals surface area contributed by atoms with E-state index in [9.17, 15) is 4.79 Å². The molecule has 0 saturated heterocycles. The second-order valence-electron chi connectivity index (χ2n) is 4.89. The average molecular weight is 316 g/mol. The number of hydrogen-bond donors (Lipinski definition) is 1. The molecule has 0 atom stereocenters. The first kappa shape index (κ1) is 14.5. The summed E-state index contributed by atoms with van der Waals surface area (Å²) in [5.74, 6) is 1.34. The first-order valence-corrected chi connectivity index (χ1v) is 7.14. The standard InChI is InChI=1S/C17H14ClNO3/c1-11(8-15(20)12-2-4-13(18)5-3-12)19-14-6-7-16-17(9-14)22-10-21-16/h2-9,19H,10H2,1H3. The van der Waals surface area contributed by atoms with E-state index in [-0.39, 0.29) is 12.6 Å². The van der Waals surface area contributed by atoms with Crippen LogP contribution in [0.2, 0.25) is 5.02 Å². The molecule has 3 rings (SSSR count). The van der Waals surface area contributed by atoms with Crippen molar-refractivity contribution in [1.82, 2.24) is 0 Å². The van der Waals surface area contributed by atoms with Crippen LogP contribution >= 0.6 is 11.6 Å². The summed E-state index contributed by atoms with van der Waals surface area (Å²) in [6.45, 7) is 2.07. The van der Waals surface area contributed by atoms with Gasteiger partial charge in [0.2, 0.25) is 6.79 Å². The van der Waals surface area contributed by atoms with Crippen LogP contribution in [0.4, 0.5) is 5.69 Å². The minimum absolute atomic E-state index is 0.0811. The van der Waals surface area contributed by atoms with E-state index in [2.05, 4.69) is 5.32 Å². The van der Waals surface area contributed by atoms with Crippen LogP contribution in [-0.2, 0) is 0 Å². The number of hydrogen-bond acceptors (Lipinski definition) is 4. The molecule has 0 amide bonds. The third-order valence-corrected chi connectivity index (χ3v) is 3.44. The molecule has 1 heterocycles. The van der Waals surface area contributed by atoms with Crippen LogP contribution in [-0.4, -0.2) is 12.6 Å². The number of anilines is 1. The molecule has 0 saturated carbocycles. The Morgan fingerprint density at radius 1 is 1.14 bits per heavy atom. The van der Waals surface area contributed by atoms with Crippen LogP contribution in [0.15, 0.2) is 54.2 Å². The summed E-state index contributed by atoms with van der Waals surface area (Å²) in [6.07, 6.45) is 1.55. The van der Waals surface area contributed by atoms with Crippen molar-refractivity contribution in [3.05, 3.63) is 64.8 Å². The Hall–Kier alpha value is -2.46. The van der Waals surface area contributed by atoms with Crippen LogP contribution in [0.5, 0.6) is 11.5 Å². The average Bonchev–Trinajstić information content (AvgIpc) is 2.95. The highest BCUT2D eigenvalue weighted by Crippen LogP contribution is 2.34. The van der Waals surface area contributed by atoms with E-state index in [1.54, 1.807) is 30.3 Å². The first-order chi connectivity index (χ1) is 10.6. The molecule has 1 aliphatic heterocycles. The summed E-state index contributed by atoms with van der Waals surface area (Å²) in [6, 6.07) is 12.3. The lowest BCUT2D eigenvalue weighted by atomic mass is 10.1. The van der Waals surface area contributed by atoms with Crippen LogP contribution in [0.1, 0.15) is 17.3 Å². The molecule has 2 aromatic carbocycles. The fourth-order valence-corrected chi connectivity index (χ4v) is 2.26. The quantitative estimate of drug-likeness (QED) is 0.676. The predicted molar refractivity (Wildman–Crippen MR) is 85.7 cm³/mol. The molecule has 0 aliphatic carbocycles. The van der Waals surface area contributed by atoms with Crippen molar-refractivity contribution in [2.45, 2.75) is 6.92 Å². The molecule has 1 aliphatic rings. The molecule has 112 valence electrons. The smallest absolute Gasteiger partial charge is 0.231 e. The van der Waals surface area contributed by atoms with E-state index in [0.717, 1.165) is 17.1 Å². The molecule has 0 aromatic heterocycles. The van der Waals surface area contributed by atoms with Gasteiger partial charge in [-0.25, -0.2) is 0 Å². The van der Waals surface area contributed by atoms with Crippen molar-refractivity contribution >= 4 is 23.1 Å². The zero-order chi connectivity index (χ0) is 15.5. The van der Waals surface area contributed by atoms with Gasteiger partial charge in [-0.3, -0.25) is 4.79 Å². The monoisotopic (exact) mass is 315 g/mol. The normalized spacial score (nSPS) is 13.1. The Bertz CT molecular complexity index is 738. The van der Waals surface area contributed by atoms with E-state index in [4.69, 9.17) is 21.1 Å². The molecule has 0 fully saturated rings. The first-order valence-electron chi connectivity index (χ1n) is 6.77. The third-order valence-electron chi connectivity index (χ3n) is 3.19. The maximum Gasteiger partial charge on any atom is 0.231 e. The lowest BCUT2D eigenvalue weighted by Gasteiger charge is -2.07. The number of carbonyl (C=O) groups is 1. The largest absolute Gasteiger partial charge is 0.454 e. The van der Waals surface area contributed by atoms with Crippen LogP contribution in [0.25, 0.3) is 0 Å². The molecule has 1 N–H and O–H groups in total. The maximum absolute atomic E-state index is 12.1. The van der Waals surface area contributed by atoms with Gasteiger partial charge < -0.3 is 14.8 Å². The molecule has 4 nitrogen and oxygen atoms in total. The highest BCUT2D eigenvalue weighted by atomic mass is 35.5. The molecule has 0 spiro atoms. The van der Waals surface area contributed by atoms with Gasteiger partial charge in [-0.15, -0.1) is 0 Å². The Kier molecular flexibility index (Phi) is 4.02. The Balaban J connectivity index is 1.72. The van der Waals surface area contributed by atoms with Gasteiger partial charge in [0.05, 0.1) is 0 Å². The van der Waals surface area contributed by atoms with Gasteiger partial charge in [-0.2, -0.15) is 0 Å². The number of benzene rings is 2. The van der Waals surface area contributed by atoms with E-state index in [1.807, 2.05) is 25.1 Å². The van der Waals surface area contributed by atoms with Crippen molar-refractivity contribution in [3.8, 4) is 11.5 Å². The molecule has 0 radical (unpaired) electrons. The van der Waals surface area contributed by atoms with Gasteiger partial charge in [0.15, 0.2) is 17.3 Å². The second kappa shape index (κ2) is 6.12. The van der Waals surface area contributed by atoms with Crippen molar-refractivity contribution < 1.29 is 14.3 Å². The highest BCUT2D eigenvalue weighted by molar-refractivity contribution is 6.30. The number of ether oxygens (including phenoxy) is 2. The topological polar surface area (TPSA) is 47.6 Å². The van der Waals surface area contributed by atoms with E-state index in [1.165, 1.54) is 0 Å². The summed E-state index contributed by atoms with van der Waals surface area (Å²) >= 11 is 5.81.